The number of amides is 1. The highest BCUT2D eigenvalue weighted by Crippen LogP contribution is 2.39. The van der Waals surface area contributed by atoms with Gasteiger partial charge in [-0.2, -0.15) is 15.1 Å². The molecule has 1 amide bonds. The molecule has 0 spiro atoms. The van der Waals surface area contributed by atoms with E-state index in [0.717, 1.165) is 17.9 Å². The molecule has 0 saturated carbocycles. The lowest BCUT2D eigenvalue weighted by molar-refractivity contribution is -0.114. The molecular formula is C20H24N4O4S. The van der Waals surface area contributed by atoms with Crippen LogP contribution in [0.1, 0.15) is 32.3 Å². The van der Waals surface area contributed by atoms with E-state index in [4.69, 9.17) is 19.6 Å². The van der Waals surface area contributed by atoms with Gasteiger partial charge in [0, 0.05) is 5.92 Å². The van der Waals surface area contributed by atoms with Crippen molar-refractivity contribution in [3.8, 4) is 17.2 Å². The number of hydrogen-bond acceptors (Lipinski definition) is 7. The molecule has 2 heterocycles. The minimum absolute atomic E-state index is 0.00204. The molecule has 0 bridgehead atoms. The first-order valence-electron chi connectivity index (χ1n) is 9.27. The molecule has 0 aromatic heterocycles. The van der Waals surface area contributed by atoms with E-state index in [1.807, 2.05) is 0 Å². The Kier molecular flexibility index (Phi) is 6.26. The molecule has 1 aromatic rings. The second kappa shape index (κ2) is 8.69. The SMILES string of the molecule is CCC(CC)C1=NN2C(=N)/C(=C\c3cc(OC)c(OC)c(OC)c3)C(=O)N=C2S1. The van der Waals surface area contributed by atoms with Gasteiger partial charge in [-0.25, -0.2) is 0 Å². The average molecular weight is 417 g/mol. The zero-order valence-corrected chi connectivity index (χ0v) is 17.9. The van der Waals surface area contributed by atoms with Gasteiger partial charge in [0.25, 0.3) is 5.91 Å². The summed E-state index contributed by atoms with van der Waals surface area (Å²) in [5, 5.41) is 15.8. The number of rotatable bonds is 7. The number of benzene rings is 1. The summed E-state index contributed by atoms with van der Waals surface area (Å²) in [5.74, 6) is 1.20. The molecule has 0 atom stereocenters. The molecule has 0 fully saturated rings. The largest absolute Gasteiger partial charge is 0.493 e. The first-order chi connectivity index (χ1) is 14.0. The fourth-order valence-electron chi connectivity index (χ4n) is 3.16. The normalized spacial score (nSPS) is 17.4. The molecule has 9 heteroatoms. The van der Waals surface area contributed by atoms with E-state index >= 15 is 0 Å². The second-order valence-corrected chi connectivity index (χ2v) is 7.42. The Morgan fingerprint density at radius 3 is 2.28 bits per heavy atom. The zero-order chi connectivity index (χ0) is 21.1. The molecule has 0 radical (unpaired) electrons. The van der Waals surface area contributed by atoms with Crippen molar-refractivity contribution < 1.29 is 19.0 Å². The molecule has 1 aromatic carbocycles. The third kappa shape index (κ3) is 3.87. The predicted octanol–water partition coefficient (Wildman–Crippen LogP) is 3.77. The van der Waals surface area contributed by atoms with E-state index < -0.39 is 5.91 Å². The summed E-state index contributed by atoms with van der Waals surface area (Å²) in [6.45, 7) is 4.20. The van der Waals surface area contributed by atoms with Crippen molar-refractivity contribution in [1.29, 1.82) is 5.41 Å². The van der Waals surface area contributed by atoms with Crippen LogP contribution in [0.25, 0.3) is 6.08 Å². The van der Waals surface area contributed by atoms with Crippen LogP contribution in [0.5, 0.6) is 17.2 Å². The molecule has 0 aliphatic carbocycles. The number of thioether (sulfide) groups is 1. The van der Waals surface area contributed by atoms with Crippen molar-refractivity contribution in [2.75, 3.05) is 21.3 Å². The molecule has 29 heavy (non-hydrogen) atoms. The number of carbonyl (C=O) groups is 1. The first kappa shape index (κ1) is 20.9. The average Bonchev–Trinajstić information content (AvgIpc) is 3.14. The number of fused-ring (bicyclic) bond motifs is 1. The van der Waals surface area contributed by atoms with E-state index in [-0.39, 0.29) is 11.4 Å². The Morgan fingerprint density at radius 2 is 1.76 bits per heavy atom. The van der Waals surface area contributed by atoms with Gasteiger partial charge in [-0.1, -0.05) is 13.8 Å². The summed E-state index contributed by atoms with van der Waals surface area (Å²) in [6, 6.07) is 3.43. The molecule has 2 aliphatic rings. The highest BCUT2D eigenvalue weighted by atomic mass is 32.2. The van der Waals surface area contributed by atoms with Crippen LogP contribution >= 0.6 is 11.8 Å². The summed E-state index contributed by atoms with van der Waals surface area (Å²) in [5.41, 5.74) is 0.778. The minimum Gasteiger partial charge on any atom is -0.493 e. The standard InChI is InChI=1S/C20H24N4O4S/c1-6-12(7-2)19-23-24-17(21)13(18(25)22-20(24)29-19)8-11-9-14(26-3)16(28-5)15(10-11)27-4/h8-10,12,21H,6-7H2,1-5H3/b13-8+,21-17?. The van der Waals surface area contributed by atoms with Crippen LogP contribution in [0.4, 0.5) is 0 Å². The molecule has 8 nitrogen and oxygen atoms in total. The van der Waals surface area contributed by atoms with Crippen molar-refractivity contribution in [2.24, 2.45) is 16.0 Å². The number of aliphatic imine (C=N–C) groups is 1. The Hall–Kier alpha value is -2.81. The number of hydrazone groups is 1. The molecule has 0 unspecified atom stereocenters. The van der Waals surface area contributed by atoms with E-state index in [1.165, 1.54) is 38.1 Å². The maximum Gasteiger partial charge on any atom is 0.283 e. The summed E-state index contributed by atoms with van der Waals surface area (Å²) in [7, 11) is 4.57. The third-order valence-corrected chi connectivity index (χ3v) is 5.87. The Morgan fingerprint density at radius 1 is 1.14 bits per heavy atom. The number of hydrogen-bond donors (Lipinski definition) is 1. The summed E-state index contributed by atoms with van der Waals surface area (Å²) >= 11 is 1.37. The molecule has 1 N–H and O–H groups in total. The van der Waals surface area contributed by atoms with Crippen LogP contribution in [0, 0.1) is 11.3 Å². The Balaban J connectivity index is 2.00. The monoisotopic (exact) mass is 416 g/mol. The Bertz CT molecular complexity index is 909. The number of methoxy groups -OCH3 is 3. The lowest BCUT2D eigenvalue weighted by Gasteiger charge is -2.20. The number of nitrogens with zero attached hydrogens (tertiary/aromatic N) is 3. The summed E-state index contributed by atoms with van der Waals surface area (Å²) in [6.07, 6.45) is 3.47. The molecule has 0 saturated heterocycles. The second-order valence-electron chi connectivity index (χ2n) is 6.43. The van der Waals surface area contributed by atoms with Crippen LogP contribution < -0.4 is 14.2 Å². The van der Waals surface area contributed by atoms with Gasteiger partial charge < -0.3 is 14.2 Å². The molecular weight excluding hydrogens is 392 g/mol. The quantitative estimate of drug-likeness (QED) is 0.680. The highest BCUT2D eigenvalue weighted by Gasteiger charge is 2.37. The minimum atomic E-state index is -0.469. The zero-order valence-electron chi connectivity index (χ0n) is 17.1. The number of ether oxygens (including phenoxy) is 3. The fraction of sp³-hybridized carbons (Fsp3) is 0.400. The van der Waals surface area contributed by atoms with Crippen molar-refractivity contribution in [2.45, 2.75) is 26.7 Å². The van der Waals surface area contributed by atoms with Crippen molar-refractivity contribution in [1.82, 2.24) is 5.01 Å². The van der Waals surface area contributed by atoms with Gasteiger partial charge in [0.2, 0.25) is 10.9 Å². The van der Waals surface area contributed by atoms with Crippen molar-refractivity contribution >= 4 is 39.8 Å². The number of carbonyl (C=O) groups excluding carboxylic acids is 1. The van der Waals surface area contributed by atoms with Gasteiger partial charge in [0.05, 0.1) is 26.9 Å². The van der Waals surface area contributed by atoms with E-state index in [1.54, 1.807) is 18.2 Å². The van der Waals surface area contributed by atoms with Gasteiger partial charge in [0.15, 0.2) is 17.3 Å². The van der Waals surface area contributed by atoms with Crippen molar-refractivity contribution in [3.05, 3.63) is 23.3 Å². The van der Waals surface area contributed by atoms with Crippen LogP contribution in [0.2, 0.25) is 0 Å². The Labute approximate surface area is 174 Å². The first-order valence-corrected chi connectivity index (χ1v) is 10.1. The van der Waals surface area contributed by atoms with E-state index in [9.17, 15) is 4.79 Å². The van der Waals surface area contributed by atoms with Crippen LogP contribution in [0.15, 0.2) is 27.8 Å². The maximum absolute atomic E-state index is 12.6. The molecule has 3 rings (SSSR count). The fourth-order valence-corrected chi connectivity index (χ4v) is 4.32. The lowest BCUT2D eigenvalue weighted by Crippen LogP contribution is -2.35. The van der Waals surface area contributed by atoms with Crippen LogP contribution in [-0.2, 0) is 4.79 Å². The van der Waals surface area contributed by atoms with E-state index in [0.29, 0.717) is 33.9 Å². The number of nitrogens with one attached hydrogen (secondary N) is 1. The van der Waals surface area contributed by atoms with Gasteiger partial charge in [-0.05, 0) is 48.4 Å². The lowest BCUT2D eigenvalue weighted by atomic mass is 10.1. The van der Waals surface area contributed by atoms with Gasteiger partial charge in [-0.3, -0.25) is 10.2 Å². The summed E-state index contributed by atoms with van der Waals surface area (Å²) in [4.78, 5) is 16.8. The van der Waals surface area contributed by atoms with Crippen LogP contribution in [-0.4, -0.2) is 48.3 Å². The van der Waals surface area contributed by atoms with Crippen molar-refractivity contribution in [3.63, 3.8) is 0 Å². The maximum atomic E-state index is 12.6. The van der Waals surface area contributed by atoms with Gasteiger partial charge >= 0.3 is 0 Å². The third-order valence-electron chi connectivity index (χ3n) is 4.80. The number of amidine groups is 2. The van der Waals surface area contributed by atoms with Gasteiger partial charge in [-0.15, -0.1) is 0 Å². The topological polar surface area (TPSA) is 96.6 Å². The van der Waals surface area contributed by atoms with E-state index in [2.05, 4.69) is 23.9 Å². The van der Waals surface area contributed by atoms with Crippen LogP contribution in [0.3, 0.4) is 0 Å². The molecule has 154 valence electrons. The predicted molar refractivity (Wildman–Crippen MR) is 115 cm³/mol. The van der Waals surface area contributed by atoms with Gasteiger partial charge in [0.1, 0.15) is 5.04 Å². The summed E-state index contributed by atoms with van der Waals surface area (Å²) < 4.78 is 16.0. The molecule has 2 aliphatic heterocycles. The highest BCUT2D eigenvalue weighted by molar-refractivity contribution is 8.27. The smallest absolute Gasteiger partial charge is 0.283 e.